The van der Waals surface area contributed by atoms with Crippen LogP contribution >= 0.6 is 0 Å². The molecule has 1 saturated heterocycles. The molecule has 0 spiro atoms. The maximum Gasteiger partial charge on any atom is 0.274 e. The minimum Gasteiger partial charge on any atom is -0.337 e. The average molecular weight is 361 g/mol. The molecule has 26 heavy (non-hydrogen) atoms. The highest BCUT2D eigenvalue weighted by atomic mass is 16.2. The summed E-state index contributed by atoms with van der Waals surface area (Å²) < 4.78 is 2.09. The molecular weight excluding hydrogens is 324 g/mol. The van der Waals surface area contributed by atoms with Crippen molar-refractivity contribution in [2.75, 3.05) is 26.7 Å². The number of hydrogen-bond acceptors (Lipinski definition) is 3. The fraction of sp³-hybridized carbons (Fsp3) is 0.810. The van der Waals surface area contributed by atoms with E-state index in [4.69, 9.17) is 5.10 Å². The second-order valence-corrected chi connectivity index (χ2v) is 8.03. The van der Waals surface area contributed by atoms with Crippen LogP contribution in [0.5, 0.6) is 0 Å². The van der Waals surface area contributed by atoms with Crippen molar-refractivity contribution in [3.05, 3.63) is 17.0 Å². The lowest BCUT2D eigenvalue weighted by atomic mass is 9.90. The Morgan fingerprint density at radius 3 is 2.58 bits per heavy atom. The number of likely N-dealkylation sites (tertiary alicyclic amines) is 1. The van der Waals surface area contributed by atoms with Crippen molar-refractivity contribution in [3.8, 4) is 0 Å². The first-order valence-corrected chi connectivity index (χ1v) is 10.7. The van der Waals surface area contributed by atoms with Crippen molar-refractivity contribution in [2.45, 2.75) is 84.2 Å². The number of aryl methyl sites for hydroxylation is 1. The zero-order valence-electron chi connectivity index (χ0n) is 17.0. The third kappa shape index (κ3) is 4.13. The number of nitrogens with zero attached hydrogens (tertiary/aromatic N) is 4. The van der Waals surface area contributed by atoms with Crippen LogP contribution in [0.25, 0.3) is 0 Å². The highest BCUT2D eigenvalue weighted by Gasteiger charge is 2.32. The molecule has 2 heterocycles. The Bertz CT molecular complexity index is 601. The molecule has 1 fully saturated rings. The minimum atomic E-state index is 0.173. The molecule has 1 amide bonds. The molecule has 1 aromatic heterocycles. The van der Waals surface area contributed by atoms with Crippen LogP contribution in [-0.4, -0.2) is 58.2 Å². The van der Waals surface area contributed by atoms with E-state index < -0.39 is 0 Å². The Morgan fingerprint density at radius 1 is 1.19 bits per heavy atom. The number of carbonyl (C=O) groups excluding carboxylic acids is 1. The highest BCUT2D eigenvalue weighted by Crippen LogP contribution is 2.28. The first-order valence-electron chi connectivity index (χ1n) is 10.7. The monoisotopic (exact) mass is 360 g/mol. The van der Waals surface area contributed by atoms with E-state index in [1.165, 1.54) is 43.4 Å². The SMILES string of the molecule is CCCCN(C)C1CCc2c(c(C(=O)N3CCCCCC3)nn2CC)C1. The Balaban J connectivity index is 1.81. The van der Waals surface area contributed by atoms with Crippen LogP contribution in [-0.2, 0) is 19.4 Å². The van der Waals surface area contributed by atoms with Gasteiger partial charge in [-0.2, -0.15) is 5.10 Å². The van der Waals surface area contributed by atoms with Crippen molar-refractivity contribution in [2.24, 2.45) is 0 Å². The van der Waals surface area contributed by atoms with Crippen molar-refractivity contribution < 1.29 is 4.79 Å². The predicted octanol–water partition coefficient (Wildman–Crippen LogP) is 3.51. The number of amides is 1. The Morgan fingerprint density at radius 2 is 1.92 bits per heavy atom. The lowest BCUT2D eigenvalue weighted by Gasteiger charge is -2.32. The fourth-order valence-corrected chi connectivity index (χ4v) is 4.49. The molecule has 0 bridgehead atoms. The topological polar surface area (TPSA) is 41.4 Å². The molecule has 146 valence electrons. The lowest BCUT2D eigenvalue weighted by Crippen LogP contribution is -2.38. The first kappa shape index (κ1) is 19.4. The van der Waals surface area contributed by atoms with Crippen LogP contribution in [0.2, 0.25) is 0 Å². The third-order valence-corrected chi connectivity index (χ3v) is 6.20. The van der Waals surface area contributed by atoms with E-state index in [1.807, 2.05) is 0 Å². The van der Waals surface area contributed by atoms with Crippen molar-refractivity contribution >= 4 is 5.91 Å². The maximum atomic E-state index is 13.2. The van der Waals surface area contributed by atoms with Gasteiger partial charge in [0.15, 0.2) is 5.69 Å². The molecule has 0 saturated carbocycles. The van der Waals surface area contributed by atoms with Crippen molar-refractivity contribution in [3.63, 3.8) is 0 Å². The van der Waals surface area contributed by atoms with Gasteiger partial charge in [0.25, 0.3) is 5.91 Å². The summed E-state index contributed by atoms with van der Waals surface area (Å²) in [7, 11) is 2.24. The van der Waals surface area contributed by atoms with E-state index >= 15 is 0 Å². The number of carbonyl (C=O) groups is 1. The zero-order valence-corrected chi connectivity index (χ0v) is 17.0. The zero-order chi connectivity index (χ0) is 18.5. The number of fused-ring (bicyclic) bond motifs is 1. The van der Waals surface area contributed by atoms with Crippen molar-refractivity contribution in [1.82, 2.24) is 19.6 Å². The van der Waals surface area contributed by atoms with E-state index in [0.29, 0.717) is 6.04 Å². The molecule has 1 aliphatic carbocycles. The van der Waals surface area contributed by atoms with E-state index in [0.717, 1.165) is 57.6 Å². The van der Waals surface area contributed by atoms with Crippen molar-refractivity contribution in [1.29, 1.82) is 0 Å². The molecule has 0 N–H and O–H groups in total. The number of aromatic nitrogens is 2. The quantitative estimate of drug-likeness (QED) is 0.779. The number of likely N-dealkylation sites (N-methyl/N-ethyl adjacent to an activating group) is 1. The summed E-state index contributed by atoms with van der Waals surface area (Å²) in [5, 5.41) is 4.78. The van der Waals surface area contributed by atoms with Crippen LogP contribution < -0.4 is 0 Å². The normalized spacial score (nSPS) is 20.9. The number of rotatable bonds is 6. The summed E-state index contributed by atoms with van der Waals surface area (Å²) in [5.41, 5.74) is 3.30. The van der Waals surface area contributed by atoms with E-state index in [-0.39, 0.29) is 5.91 Å². The third-order valence-electron chi connectivity index (χ3n) is 6.20. The molecular formula is C21H36N4O. The summed E-state index contributed by atoms with van der Waals surface area (Å²) in [6.07, 6.45) is 10.4. The standard InChI is InChI=1S/C21H36N4O/c1-4-6-13-23(3)17-11-12-19-18(16-17)20(22-25(19)5-2)21(26)24-14-9-7-8-10-15-24/h17H,4-16H2,1-3H3. The molecule has 1 unspecified atom stereocenters. The highest BCUT2D eigenvalue weighted by molar-refractivity contribution is 5.94. The second-order valence-electron chi connectivity index (χ2n) is 8.03. The molecule has 0 aromatic carbocycles. The van der Waals surface area contributed by atoms with Gasteiger partial charge in [0.05, 0.1) is 0 Å². The lowest BCUT2D eigenvalue weighted by molar-refractivity contribution is 0.0753. The molecule has 1 aromatic rings. The van der Waals surface area contributed by atoms with Crippen LogP contribution in [0.3, 0.4) is 0 Å². The molecule has 5 heteroatoms. The fourth-order valence-electron chi connectivity index (χ4n) is 4.49. The number of hydrogen-bond donors (Lipinski definition) is 0. The van der Waals surface area contributed by atoms with Gasteiger partial charge in [-0.25, -0.2) is 0 Å². The molecule has 1 aliphatic heterocycles. The van der Waals surface area contributed by atoms with E-state index in [9.17, 15) is 4.79 Å². The molecule has 1 atom stereocenters. The smallest absolute Gasteiger partial charge is 0.274 e. The number of unbranched alkanes of at least 4 members (excludes halogenated alkanes) is 1. The summed E-state index contributed by atoms with van der Waals surface area (Å²) in [5.74, 6) is 0.173. The van der Waals surface area contributed by atoms with Gasteiger partial charge in [-0.3, -0.25) is 9.48 Å². The molecule has 5 nitrogen and oxygen atoms in total. The van der Waals surface area contributed by atoms with Gasteiger partial charge in [0, 0.05) is 36.9 Å². The van der Waals surface area contributed by atoms with Crippen LogP contribution in [0.4, 0.5) is 0 Å². The van der Waals surface area contributed by atoms with E-state index in [1.54, 1.807) is 0 Å². The van der Waals surface area contributed by atoms with Gasteiger partial charge >= 0.3 is 0 Å². The summed E-state index contributed by atoms with van der Waals surface area (Å²) in [4.78, 5) is 17.8. The first-order chi connectivity index (χ1) is 12.7. The van der Waals surface area contributed by atoms with Gasteiger partial charge in [-0.1, -0.05) is 26.2 Å². The summed E-state index contributed by atoms with van der Waals surface area (Å²) in [6.45, 7) is 8.17. The Kier molecular flexibility index (Phi) is 6.74. The van der Waals surface area contributed by atoms with E-state index in [2.05, 4.69) is 35.4 Å². The maximum absolute atomic E-state index is 13.2. The van der Waals surface area contributed by atoms with Gasteiger partial charge in [0.1, 0.15) is 0 Å². The Labute approximate surface area is 158 Å². The predicted molar refractivity (Wildman–Crippen MR) is 106 cm³/mol. The van der Waals surface area contributed by atoms with Gasteiger partial charge < -0.3 is 9.80 Å². The second kappa shape index (κ2) is 9.03. The molecule has 0 radical (unpaired) electrons. The average Bonchev–Trinajstić information content (AvgIpc) is 2.83. The van der Waals surface area contributed by atoms with Gasteiger partial charge in [-0.05, 0) is 59.0 Å². The van der Waals surface area contributed by atoms with Crippen LogP contribution in [0.15, 0.2) is 0 Å². The molecule has 3 rings (SSSR count). The van der Waals surface area contributed by atoms with Crippen LogP contribution in [0.1, 0.15) is 80.5 Å². The molecule has 2 aliphatic rings. The Hall–Kier alpha value is -1.36. The van der Waals surface area contributed by atoms with Gasteiger partial charge in [0.2, 0.25) is 0 Å². The minimum absolute atomic E-state index is 0.173. The van der Waals surface area contributed by atoms with Crippen LogP contribution in [0, 0.1) is 0 Å². The largest absolute Gasteiger partial charge is 0.337 e. The summed E-state index contributed by atoms with van der Waals surface area (Å²) >= 11 is 0. The van der Waals surface area contributed by atoms with Gasteiger partial charge in [-0.15, -0.1) is 0 Å². The summed E-state index contributed by atoms with van der Waals surface area (Å²) in [6, 6.07) is 0.541.